The Hall–Kier alpha value is -1.31. The van der Waals surface area contributed by atoms with Gasteiger partial charge in [-0.1, -0.05) is 53.2 Å². The van der Waals surface area contributed by atoms with Crippen LogP contribution in [0.25, 0.3) is 0 Å². The fraction of sp³-hybridized carbons (Fsp3) is 0.927. The van der Waals surface area contributed by atoms with Crippen LogP contribution in [0.2, 0.25) is 0 Å². The summed E-state index contributed by atoms with van der Waals surface area (Å²) in [4.78, 5) is 14.0. The summed E-state index contributed by atoms with van der Waals surface area (Å²) < 4.78 is 24.5. The van der Waals surface area contributed by atoms with Crippen LogP contribution in [0.5, 0.6) is 0 Å². The van der Waals surface area contributed by atoms with E-state index in [0.29, 0.717) is 38.5 Å². The van der Waals surface area contributed by atoms with Crippen LogP contribution in [0.3, 0.4) is 0 Å². The Labute approximate surface area is 328 Å². The van der Waals surface area contributed by atoms with Crippen LogP contribution >= 0.6 is 0 Å². The summed E-state index contributed by atoms with van der Waals surface area (Å²) >= 11 is 0. The number of aliphatic carboxylic acids is 1. The maximum Gasteiger partial charge on any atom is 0.312 e. The van der Waals surface area contributed by atoms with Gasteiger partial charge in [-0.05, 0) is 90.8 Å². The smallest absolute Gasteiger partial charge is 0.312 e. The lowest BCUT2D eigenvalue weighted by atomic mass is 9.33. The SMILES string of the molecule is CC1(C)CCC2(C(=O)O)C(OC3OC(CO)C(O)C(O)C3OC3OCC(O)C(O)C3O)CC3(C)C(=CCC4C5(C)CC(O)C(O)C(C)(CO)C5CCC43C)C2C1. The van der Waals surface area contributed by atoms with Gasteiger partial charge in [0.1, 0.15) is 48.1 Å². The van der Waals surface area contributed by atoms with E-state index in [4.69, 9.17) is 18.9 Å². The molecule has 2 aliphatic heterocycles. The molecule has 10 N–H and O–H groups in total. The van der Waals surface area contributed by atoms with Gasteiger partial charge in [-0.25, -0.2) is 0 Å². The number of carboxylic acid groups (broad SMARTS) is 1. The molecule has 2 saturated heterocycles. The van der Waals surface area contributed by atoms with E-state index >= 15 is 0 Å². The van der Waals surface area contributed by atoms with Crippen LogP contribution in [-0.4, -0.2) is 150 Å². The van der Waals surface area contributed by atoms with E-state index in [0.717, 1.165) is 5.57 Å². The van der Waals surface area contributed by atoms with Crippen LogP contribution < -0.4 is 0 Å². The number of aliphatic hydroxyl groups is 9. The van der Waals surface area contributed by atoms with Gasteiger partial charge in [-0.3, -0.25) is 4.79 Å². The number of hydrogen-bond donors (Lipinski definition) is 10. The number of carboxylic acids is 1. The zero-order valence-electron chi connectivity index (χ0n) is 33.5. The molecule has 20 atom stereocenters. The van der Waals surface area contributed by atoms with Gasteiger partial charge >= 0.3 is 5.97 Å². The number of hydrogen-bond acceptors (Lipinski definition) is 14. The average Bonchev–Trinajstić information content (AvgIpc) is 3.13. The Morgan fingerprint density at radius 1 is 0.804 bits per heavy atom. The second-order valence-corrected chi connectivity index (χ2v) is 20.3. The third-order valence-electron chi connectivity index (χ3n) is 17.0. The lowest BCUT2D eigenvalue weighted by molar-refractivity contribution is -0.370. The number of allylic oxidation sites excluding steroid dienone is 2. The highest BCUT2D eigenvalue weighted by Crippen LogP contribution is 2.76. The van der Waals surface area contributed by atoms with Crippen molar-refractivity contribution in [2.75, 3.05) is 19.8 Å². The monoisotopic (exact) mass is 798 g/mol. The summed E-state index contributed by atoms with van der Waals surface area (Å²) in [6.07, 6.45) is -11.2. The zero-order valence-corrected chi connectivity index (χ0v) is 33.5. The maximum absolute atomic E-state index is 14.0. The van der Waals surface area contributed by atoms with Gasteiger partial charge in [-0.15, -0.1) is 0 Å². The molecule has 5 aliphatic carbocycles. The molecule has 7 aliphatic rings. The molecule has 0 amide bonds. The molecule has 0 spiro atoms. The lowest BCUT2D eigenvalue weighted by Crippen LogP contribution is -2.70. The standard InChI is InChI=1S/C41H66O15/c1-36(2)11-12-41(35(51)52)20(13-36)19-7-8-25-37(3)14-21(44)32(50)38(4,18-43)24(37)9-10-39(25,5)40(19,6)15-26(41)55-34-31(29(48)28(47)23(16-42)54-34)56-33-30(49)27(46)22(45)17-53-33/h7,20-34,42-50H,8-18H2,1-6H3,(H,51,52). The zero-order chi connectivity index (χ0) is 41.1. The fourth-order valence-corrected chi connectivity index (χ4v) is 13.5. The summed E-state index contributed by atoms with van der Waals surface area (Å²) in [6, 6.07) is 0. The Morgan fingerprint density at radius 3 is 2.14 bits per heavy atom. The molecule has 15 heteroatoms. The highest BCUT2D eigenvalue weighted by molar-refractivity contribution is 5.77. The molecule has 0 aromatic rings. The molecule has 20 unspecified atom stereocenters. The maximum atomic E-state index is 14.0. The third kappa shape index (κ3) is 6.04. The van der Waals surface area contributed by atoms with Gasteiger partial charge in [0.25, 0.3) is 0 Å². The minimum absolute atomic E-state index is 0.0189. The van der Waals surface area contributed by atoms with E-state index in [1.165, 1.54) is 0 Å². The molecular weight excluding hydrogens is 732 g/mol. The van der Waals surface area contributed by atoms with Gasteiger partial charge in [0.2, 0.25) is 0 Å². The van der Waals surface area contributed by atoms with Gasteiger partial charge < -0.3 is 70.0 Å². The van der Waals surface area contributed by atoms with Crippen molar-refractivity contribution >= 4 is 5.97 Å². The third-order valence-corrected chi connectivity index (χ3v) is 17.0. The molecule has 56 heavy (non-hydrogen) atoms. The first-order valence-electron chi connectivity index (χ1n) is 20.6. The highest BCUT2D eigenvalue weighted by atomic mass is 16.8. The molecule has 6 fully saturated rings. The summed E-state index contributed by atoms with van der Waals surface area (Å²) in [7, 11) is 0. The van der Waals surface area contributed by atoms with Crippen LogP contribution in [-0.2, 0) is 23.7 Å². The van der Waals surface area contributed by atoms with Crippen molar-refractivity contribution in [2.45, 2.75) is 167 Å². The number of aliphatic hydroxyl groups excluding tert-OH is 9. The number of ether oxygens (including phenoxy) is 4. The van der Waals surface area contributed by atoms with Crippen LogP contribution in [0.1, 0.15) is 92.9 Å². The van der Waals surface area contributed by atoms with Gasteiger partial charge in [0, 0.05) is 5.41 Å². The van der Waals surface area contributed by atoms with E-state index in [1.54, 1.807) is 0 Å². The summed E-state index contributed by atoms with van der Waals surface area (Å²) in [5.41, 5.74) is -3.12. The summed E-state index contributed by atoms with van der Waals surface area (Å²) in [5.74, 6) is -1.61. The van der Waals surface area contributed by atoms with E-state index in [-0.39, 0.29) is 36.7 Å². The van der Waals surface area contributed by atoms with Crippen molar-refractivity contribution in [3.05, 3.63) is 11.6 Å². The minimum Gasteiger partial charge on any atom is -0.481 e. The Balaban J connectivity index is 1.31. The first-order chi connectivity index (χ1) is 26.1. The Bertz CT molecular complexity index is 1520. The van der Waals surface area contributed by atoms with Crippen molar-refractivity contribution in [1.82, 2.24) is 0 Å². The summed E-state index contributed by atoms with van der Waals surface area (Å²) in [6.45, 7) is 11.4. The molecule has 0 aromatic carbocycles. The molecule has 320 valence electrons. The number of fused-ring (bicyclic) bond motifs is 7. The molecule has 0 bridgehead atoms. The van der Waals surface area contributed by atoms with Crippen LogP contribution in [0.15, 0.2) is 11.6 Å². The average molecular weight is 799 g/mol. The summed E-state index contributed by atoms with van der Waals surface area (Å²) in [5, 5.41) is 108. The number of rotatable bonds is 7. The highest BCUT2D eigenvalue weighted by Gasteiger charge is 2.73. The van der Waals surface area contributed by atoms with Gasteiger partial charge in [0.05, 0.1) is 38.1 Å². The molecule has 0 radical (unpaired) electrons. The van der Waals surface area contributed by atoms with Crippen molar-refractivity contribution in [1.29, 1.82) is 0 Å². The Morgan fingerprint density at radius 2 is 1.50 bits per heavy atom. The molecule has 0 aromatic heterocycles. The first kappa shape index (κ1) is 42.8. The van der Waals surface area contributed by atoms with Crippen molar-refractivity contribution in [2.24, 2.45) is 50.2 Å². The fourth-order valence-electron chi connectivity index (χ4n) is 13.5. The minimum atomic E-state index is -1.76. The molecule has 15 nitrogen and oxygen atoms in total. The van der Waals surface area contributed by atoms with Crippen molar-refractivity contribution in [3.8, 4) is 0 Å². The normalized spacial score (nSPS) is 55.5. The lowest BCUT2D eigenvalue weighted by Gasteiger charge is -2.72. The van der Waals surface area contributed by atoms with Crippen LogP contribution in [0.4, 0.5) is 0 Å². The molecule has 4 saturated carbocycles. The van der Waals surface area contributed by atoms with Crippen LogP contribution in [0, 0.1) is 50.2 Å². The van der Waals surface area contributed by atoms with Crippen molar-refractivity contribution < 1.29 is 74.8 Å². The largest absolute Gasteiger partial charge is 0.481 e. The van der Waals surface area contributed by atoms with E-state index in [1.807, 2.05) is 6.92 Å². The second-order valence-electron chi connectivity index (χ2n) is 20.3. The van der Waals surface area contributed by atoms with Crippen molar-refractivity contribution in [3.63, 3.8) is 0 Å². The quantitative estimate of drug-likeness (QED) is 0.157. The first-order valence-corrected chi connectivity index (χ1v) is 20.6. The predicted molar refractivity (Wildman–Crippen MR) is 196 cm³/mol. The van der Waals surface area contributed by atoms with E-state index < -0.39 is 126 Å². The second kappa shape index (κ2) is 14.4. The topological polar surface area (TPSA) is 256 Å². The predicted octanol–water partition coefficient (Wildman–Crippen LogP) is 0.435. The van der Waals surface area contributed by atoms with E-state index in [9.17, 15) is 55.9 Å². The van der Waals surface area contributed by atoms with E-state index in [2.05, 4.69) is 40.7 Å². The molecule has 7 rings (SSSR count). The molecule has 2 heterocycles. The van der Waals surface area contributed by atoms with Gasteiger partial charge in [-0.2, -0.15) is 0 Å². The molecular formula is C41H66O15. The number of carbonyl (C=O) groups is 1. The Kier molecular flexibility index (Phi) is 11.0. The van der Waals surface area contributed by atoms with Gasteiger partial charge in [0.15, 0.2) is 12.6 Å².